The van der Waals surface area contributed by atoms with E-state index in [1.54, 1.807) is 0 Å². The third-order valence-corrected chi connectivity index (χ3v) is 8.35. The van der Waals surface area contributed by atoms with Crippen LogP contribution in [0.25, 0.3) is 0 Å². The molecule has 4 atom stereocenters. The highest BCUT2D eigenvalue weighted by atomic mass is 16.5. The number of ether oxygens (including phenoxy) is 1. The summed E-state index contributed by atoms with van der Waals surface area (Å²) < 4.78 is 5.66. The number of aldehydes is 1. The summed E-state index contributed by atoms with van der Waals surface area (Å²) in [6, 6.07) is 0. The van der Waals surface area contributed by atoms with E-state index in [2.05, 4.69) is 45.9 Å². The van der Waals surface area contributed by atoms with Gasteiger partial charge in [-0.1, -0.05) is 41.9 Å². The molecule has 0 aliphatic heterocycles. The van der Waals surface area contributed by atoms with Crippen molar-refractivity contribution < 1.29 is 24.5 Å². The van der Waals surface area contributed by atoms with Gasteiger partial charge in [0.25, 0.3) is 0 Å². The predicted molar refractivity (Wildman–Crippen MR) is 152 cm³/mol. The highest BCUT2D eigenvalue weighted by molar-refractivity contribution is 5.74. The number of carbonyl (C=O) groups excluding carboxylic acids is 2. The van der Waals surface area contributed by atoms with Crippen LogP contribution < -0.4 is 0 Å². The molecule has 0 aromatic carbocycles. The molecule has 0 aromatic rings. The number of rotatable bonds is 14. The average molecular weight is 517 g/mol. The molecule has 5 nitrogen and oxygen atoms in total. The molecule has 1 aliphatic carbocycles. The zero-order valence-electron chi connectivity index (χ0n) is 24.7. The second kappa shape index (κ2) is 15.4. The Hall–Kier alpha value is -1.98. The summed E-state index contributed by atoms with van der Waals surface area (Å²) in [6.07, 6.45) is 13.9. The second-order valence-electron chi connectivity index (χ2n) is 11.6. The molecule has 0 spiro atoms. The highest BCUT2D eigenvalue weighted by Crippen LogP contribution is 2.55. The number of aliphatic hydroxyl groups excluding tert-OH is 1. The van der Waals surface area contributed by atoms with Crippen LogP contribution in [0.2, 0.25) is 0 Å². The standard InChI is InChI=1S/C32H52O5/c1-23(2)12-9-13-24(3)16-17-30(37-27(6)35)25(4)14-10-19-31(7)29(15-11-21-33)28(26(5)22-34)18-20-32(31,8)36/h12,14,16,22,29-30,33,36H,9-11,13,15,17-21H2,1-8H3/b24-16+,25-14-,28-26-/t29-,30?,31+,32+/m1/s1. The Morgan fingerprint density at radius 2 is 1.76 bits per heavy atom. The van der Waals surface area contributed by atoms with Crippen LogP contribution in [-0.2, 0) is 14.3 Å². The molecule has 1 unspecified atom stereocenters. The Labute approximate surface area is 225 Å². The van der Waals surface area contributed by atoms with E-state index in [1.165, 1.54) is 18.1 Å². The van der Waals surface area contributed by atoms with Gasteiger partial charge < -0.3 is 14.9 Å². The Kier molecular flexibility index (Phi) is 13.8. The fourth-order valence-corrected chi connectivity index (χ4v) is 5.63. The van der Waals surface area contributed by atoms with Crippen LogP contribution in [0.15, 0.2) is 46.1 Å². The molecule has 0 radical (unpaired) electrons. The molecule has 1 fully saturated rings. The Morgan fingerprint density at radius 1 is 1.08 bits per heavy atom. The number of hydrogen-bond acceptors (Lipinski definition) is 5. The van der Waals surface area contributed by atoms with Crippen molar-refractivity contribution >= 4 is 12.3 Å². The van der Waals surface area contributed by atoms with Gasteiger partial charge in [-0.25, -0.2) is 0 Å². The third-order valence-electron chi connectivity index (χ3n) is 8.35. The van der Waals surface area contributed by atoms with Gasteiger partial charge in [0, 0.05) is 25.4 Å². The SMILES string of the molecule is CC(=O)OC(C/C=C(\C)CCC=C(C)C)/C(C)=C\CC[C@@]1(C)[C@H](CCCO)/C(=C(/C)C=O)CC[C@]1(C)O. The first-order chi connectivity index (χ1) is 17.3. The van der Waals surface area contributed by atoms with Crippen molar-refractivity contribution in [1.29, 1.82) is 0 Å². The van der Waals surface area contributed by atoms with Crippen LogP contribution in [0, 0.1) is 11.3 Å². The van der Waals surface area contributed by atoms with Crippen LogP contribution >= 0.6 is 0 Å². The largest absolute Gasteiger partial charge is 0.458 e. The Balaban J connectivity index is 3.10. The molecule has 2 N–H and O–H groups in total. The van der Waals surface area contributed by atoms with Gasteiger partial charge in [0.2, 0.25) is 0 Å². The van der Waals surface area contributed by atoms with E-state index in [9.17, 15) is 19.8 Å². The highest BCUT2D eigenvalue weighted by Gasteiger charge is 2.52. The van der Waals surface area contributed by atoms with Crippen molar-refractivity contribution in [2.75, 3.05) is 6.61 Å². The molecule has 210 valence electrons. The van der Waals surface area contributed by atoms with E-state index in [4.69, 9.17) is 4.74 Å². The lowest BCUT2D eigenvalue weighted by atomic mass is 9.54. The lowest BCUT2D eigenvalue weighted by Crippen LogP contribution is -2.52. The molecule has 0 bridgehead atoms. The van der Waals surface area contributed by atoms with E-state index < -0.39 is 11.0 Å². The van der Waals surface area contributed by atoms with Crippen LogP contribution in [0.3, 0.4) is 0 Å². The smallest absolute Gasteiger partial charge is 0.303 e. The molecular weight excluding hydrogens is 464 g/mol. The van der Waals surface area contributed by atoms with Crippen molar-refractivity contribution in [2.45, 2.75) is 125 Å². The maximum atomic E-state index is 11.8. The van der Waals surface area contributed by atoms with Crippen molar-refractivity contribution in [3.05, 3.63) is 46.1 Å². The molecule has 0 amide bonds. The van der Waals surface area contributed by atoms with Gasteiger partial charge in [0.15, 0.2) is 0 Å². The van der Waals surface area contributed by atoms with E-state index in [-0.39, 0.29) is 24.6 Å². The van der Waals surface area contributed by atoms with E-state index in [1.807, 2.05) is 20.8 Å². The summed E-state index contributed by atoms with van der Waals surface area (Å²) in [7, 11) is 0. The van der Waals surface area contributed by atoms with Crippen LogP contribution in [0.5, 0.6) is 0 Å². The number of aliphatic hydroxyl groups is 2. The molecule has 0 heterocycles. The number of hydrogen-bond donors (Lipinski definition) is 2. The fraction of sp³-hybridized carbons (Fsp3) is 0.688. The van der Waals surface area contributed by atoms with Gasteiger partial charge in [-0.15, -0.1) is 0 Å². The monoisotopic (exact) mass is 516 g/mol. The molecule has 1 saturated carbocycles. The molecule has 1 rings (SSSR count). The second-order valence-corrected chi connectivity index (χ2v) is 11.6. The van der Waals surface area contributed by atoms with Gasteiger partial charge in [-0.2, -0.15) is 0 Å². The van der Waals surface area contributed by atoms with Gasteiger partial charge in [0.1, 0.15) is 12.4 Å². The van der Waals surface area contributed by atoms with Gasteiger partial charge in [-0.05, 0) is 110 Å². The van der Waals surface area contributed by atoms with Gasteiger partial charge in [0.05, 0.1) is 5.60 Å². The number of esters is 1. The minimum Gasteiger partial charge on any atom is -0.458 e. The van der Waals surface area contributed by atoms with Gasteiger partial charge in [-0.3, -0.25) is 9.59 Å². The molecule has 5 heteroatoms. The Bertz CT molecular complexity index is 885. The quantitative estimate of drug-likeness (QED) is 0.111. The van der Waals surface area contributed by atoms with Gasteiger partial charge >= 0.3 is 5.97 Å². The first-order valence-electron chi connectivity index (χ1n) is 13.9. The third kappa shape index (κ3) is 10.0. The average Bonchev–Trinajstić information content (AvgIpc) is 2.81. The maximum Gasteiger partial charge on any atom is 0.303 e. The molecule has 1 aliphatic rings. The molecule has 0 saturated heterocycles. The van der Waals surface area contributed by atoms with E-state index in [0.29, 0.717) is 25.7 Å². The van der Waals surface area contributed by atoms with Crippen LogP contribution in [-0.4, -0.2) is 40.8 Å². The van der Waals surface area contributed by atoms with Crippen molar-refractivity contribution in [3.8, 4) is 0 Å². The number of carbonyl (C=O) groups is 2. The summed E-state index contributed by atoms with van der Waals surface area (Å²) in [5.41, 5.74) is 4.14. The summed E-state index contributed by atoms with van der Waals surface area (Å²) in [4.78, 5) is 23.4. The van der Waals surface area contributed by atoms with Crippen molar-refractivity contribution in [3.63, 3.8) is 0 Å². The zero-order valence-corrected chi connectivity index (χ0v) is 24.7. The zero-order chi connectivity index (χ0) is 28.2. The number of allylic oxidation sites excluding steroid dienone is 6. The van der Waals surface area contributed by atoms with Crippen molar-refractivity contribution in [1.82, 2.24) is 0 Å². The lowest BCUT2D eigenvalue weighted by molar-refractivity contribution is -0.144. The van der Waals surface area contributed by atoms with Crippen LogP contribution in [0.4, 0.5) is 0 Å². The minimum absolute atomic E-state index is 0.0259. The van der Waals surface area contributed by atoms with E-state index in [0.717, 1.165) is 55.1 Å². The van der Waals surface area contributed by atoms with E-state index >= 15 is 0 Å². The van der Waals surface area contributed by atoms with Crippen molar-refractivity contribution in [2.24, 2.45) is 11.3 Å². The maximum absolute atomic E-state index is 11.8. The summed E-state index contributed by atoms with van der Waals surface area (Å²) in [5, 5.41) is 21.0. The lowest BCUT2D eigenvalue weighted by Gasteiger charge is -2.53. The first-order valence-corrected chi connectivity index (χ1v) is 13.9. The summed E-state index contributed by atoms with van der Waals surface area (Å²) in [6.45, 7) is 15.8. The normalized spacial score (nSPS) is 26.9. The fourth-order valence-electron chi connectivity index (χ4n) is 5.63. The first kappa shape index (κ1) is 33.0. The summed E-state index contributed by atoms with van der Waals surface area (Å²) in [5.74, 6) is -0.267. The summed E-state index contributed by atoms with van der Waals surface area (Å²) >= 11 is 0. The van der Waals surface area contributed by atoms with Crippen LogP contribution in [0.1, 0.15) is 113 Å². The minimum atomic E-state index is -0.887. The molecule has 0 aromatic heterocycles. The molecular formula is C32H52O5. The Morgan fingerprint density at radius 3 is 2.32 bits per heavy atom. The predicted octanol–water partition coefficient (Wildman–Crippen LogP) is 7.18. The molecule has 37 heavy (non-hydrogen) atoms. The topological polar surface area (TPSA) is 83.8 Å².